The van der Waals surface area contributed by atoms with Crippen LogP contribution in [0.3, 0.4) is 0 Å². The Morgan fingerprint density at radius 1 is 1.21 bits per heavy atom. The third-order valence-electron chi connectivity index (χ3n) is 2.84. The topological polar surface area (TPSA) is 25.8 Å². The van der Waals surface area contributed by atoms with E-state index in [1.54, 1.807) is 6.20 Å². The predicted molar refractivity (Wildman–Crippen MR) is 56.6 cm³/mol. The molecule has 0 amide bonds. The Morgan fingerprint density at radius 2 is 2.14 bits per heavy atom. The van der Waals surface area contributed by atoms with Crippen LogP contribution in [0.5, 0.6) is 0 Å². The largest absolute Gasteiger partial charge is 0.157 e. The monoisotopic (exact) mass is 204 g/mol. The number of nitrogens with zero attached hydrogens (tertiary/aromatic N) is 2. The minimum Gasteiger partial charge on any atom is -0.157 e. The van der Waals surface area contributed by atoms with Gasteiger partial charge in [-0.3, -0.25) is 0 Å². The van der Waals surface area contributed by atoms with E-state index in [2.05, 4.69) is 22.3 Å². The molecule has 1 aliphatic carbocycles. The minimum atomic E-state index is 0.699. The van der Waals surface area contributed by atoms with Crippen LogP contribution >= 0.6 is 11.6 Å². The van der Waals surface area contributed by atoms with Gasteiger partial charge in [0.25, 0.3) is 0 Å². The Morgan fingerprint density at radius 3 is 3.07 bits per heavy atom. The van der Waals surface area contributed by atoms with Gasteiger partial charge in [-0.15, -0.1) is 0 Å². The second-order valence-electron chi connectivity index (χ2n) is 3.65. The van der Waals surface area contributed by atoms with Crippen LogP contribution < -0.4 is 0 Å². The van der Waals surface area contributed by atoms with Crippen LogP contribution in [0.2, 0.25) is 5.02 Å². The fraction of sp³-hybridized carbons (Fsp3) is 0.273. The summed E-state index contributed by atoms with van der Waals surface area (Å²) in [7, 11) is 0. The molecule has 0 unspecified atom stereocenters. The first-order chi connectivity index (χ1) is 6.86. The number of hydrogen-bond acceptors (Lipinski definition) is 2. The van der Waals surface area contributed by atoms with E-state index in [0.29, 0.717) is 5.02 Å². The van der Waals surface area contributed by atoms with Crippen molar-refractivity contribution in [3.05, 3.63) is 34.5 Å². The highest BCUT2D eigenvalue weighted by Crippen LogP contribution is 2.30. The highest BCUT2D eigenvalue weighted by atomic mass is 35.5. The molecule has 1 aliphatic rings. The lowest BCUT2D eigenvalue weighted by Gasteiger charge is -2.03. The van der Waals surface area contributed by atoms with E-state index in [4.69, 9.17) is 11.6 Å². The fourth-order valence-electron chi connectivity index (χ4n) is 2.16. The molecule has 0 bridgehead atoms. The first-order valence-electron chi connectivity index (χ1n) is 4.78. The summed E-state index contributed by atoms with van der Waals surface area (Å²) in [6, 6.07) is 4.22. The highest BCUT2D eigenvalue weighted by molar-refractivity contribution is 6.35. The molecule has 1 aromatic carbocycles. The van der Waals surface area contributed by atoms with Crippen molar-refractivity contribution < 1.29 is 0 Å². The number of fused-ring (bicyclic) bond motifs is 3. The summed E-state index contributed by atoms with van der Waals surface area (Å²) in [5.74, 6) is 0. The lowest BCUT2D eigenvalue weighted by Crippen LogP contribution is -1.91. The van der Waals surface area contributed by atoms with Crippen LogP contribution in [0.1, 0.15) is 17.5 Å². The van der Waals surface area contributed by atoms with Crippen LogP contribution in [-0.4, -0.2) is 10.2 Å². The first kappa shape index (κ1) is 8.18. The van der Waals surface area contributed by atoms with Crippen molar-refractivity contribution in [1.82, 2.24) is 10.2 Å². The Hall–Kier alpha value is -1.15. The van der Waals surface area contributed by atoms with E-state index in [1.165, 1.54) is 24.0 Å². The van der Waals surface area contributed by atoms with E-state index in [9.17, 15) is 0 Å². The lowest BCUT2D eigenvalue weighted by atomic mass is 10.1. The average Bonchev–Trinajstić information content (AvgIpc) is 2.66. The summed E-state index contributed by atoms with van der Waals surface area (Å²) in [4.78, 5) is 0. The van der Waals surface area contributed by atoms with E-state index in [1.807, 2.05) is 0 Å². The zero-order chi connectivity index (χ0) is 9.54. The van der Waals surface area contributed by atoms with Crippen molar-refractivity contribution in [3.8, 4) is 0 Å². The van der Waals surface area contributed by atoms with Gasteiger partial charge < -0.3 is 0 Å². The van der Waals surface area contributed by atoms with Crippen molar-refractivity contribution in [1.29, 1.82) is 0 Å². The molecule has 0 saturated carbocycles. The zero-order valence-corrected chi connectivity index (χ0v) is 8.38. The Kier molecular flexibility index (Phi) is 1.71. The van der Waals surface area contributed by atoms with Crippen molar-refractivity contribution in [2.75, 3.05) is 0 Å². The van der Waals surface area contributed by atoms with Gasteiger partial charge in [0.15, 0.2) is 0 Å². The number of halogens is 1. The quantitative estimate of drug-likeness (QED) is 0.660. The smallest absolute Gasteiger partial charge is 0.0979 e. The molecule has 0 saturated heterocycles. The molecule has 3 rings (SSSR count). The minimum absolute atomic E-state index is 0.699. The summed E-state index contributed by atoms with van der Waals surface area (Å²) < 4.78 is 0. The number of rotatable bonds is 0. The van der Waals surface area contributed by atoms with E-state index in [0.717, 1.165) is 17.3 Å². The molecule has 0 N–H and O–H groups in total. The number of hydrogen-bond donors (Lipinski definition) is 0. The van der Waals surface area contributed by atoms with Crippen molar-refractivity contribution in [3.63, 3.8) is 0 Å². The SMILES string of the molecule is Clc1cnnc2c3c(ccc12)CCC3. The molecule has 3 heteroatoms. The van der Waals surface area contributed by atoms with Gasteiger partial charge in [0.2, 0.25) is 0 Å². The van der Waals surface area contributed by atoms with E-state index in [-0.39, 0.29) is 0 Å². The molecule has 0 atom stereocenters. The van der Waals surface area contributed by atoms with Gasteiger partial charge in [0, 0.05) is 5.39 Å². The Balaban J connectivity index is 2.44. The van der Waals surface area contributed by atoms with Gasteiger partial charge in [0.05, 0.1) is 16.7 Å². The molecule has 0 aliphatic heterocycles. The maximum Gasteiger partial charge on any atom is 0.0979 e. The summed E-state index contributed by atoms with van der Waals surface area (Å²) >= 11 is 6.06. The van der Waals surface area contributed by atoms with Crippen molar-refractivity contribution >= 4 is 22.5 Å². The van der Waals surface area contributed by atoms with E-state index >= 15 is 0 Å². The molecule has 1 heterocycles. The molecular formula is C11H9ClN2. The van der Waals surface area contributed by atoms with Crippen molar-refractivity contribution in [2.24, 2.45) is 0 Å². The Labute approximate surface area is 86.9 Å². The predicted octanol–water partition coefficient (Wildman–Crippen LogP) is 2.77. The van der Waals surface area contributed by atoms with Gasteiger partial charge in [-0.25, -0.2) is 0 Å². The number of aryl methyl sites for hydroxylation is 2. The molecule has 0 fully saturated rings. The first-order valence-corrected chi connectivity index (χ1v) is 5.16. The molecule has 0 spiro atoms. The molecule has 14 heavy (non-hydrogen) atoms. The summed E-state index contributed by atoms with van der Waals surface area (Å²) in [6.45, 7) is 0. The van der Waals surface area contributed by atoms with Gasteiger partial charge in [-0.2, -0.15) is 10.2 Å². The molecule has 70 valence electrons. The molecule has 0 radical (unpaired) electrons. The van der Waals surface area contributed by atoms with Gasteiger partial charge in [0.1, 0.15) is 0 Å². The molecular weight excluding hydrogens is 196 g/mol. The number of aromatic nitrogens is 2. The van der Waals surface area contributed by atoms with Gasteiger partial charge in [-0.05, 0) is 30.4 Å². The van der Waals surface area contributed by atoms with Crippen LogP contribution in [0.25, 0.3) is 10.9 Å². The van der Waals surface area contributed by atoms with Crippen LogP contribution in [0, 0.1) is 0 Å². The maximum absolute atomic E-state index is 6.06. The Bertz CT molecular complexity index is 508. The van der Waals surface area contributed by atoms with Crippen LogP contribution in [0.4, 0.5) is 0 Å². The van der Waals surface area contributed by atoms with Gasteiger partial charge >= 0.3 is 0 Å². The maximum atomic E-state index is 6.06. The lowest BCUT2D eigenvalue weighted by molar-refractivity contribution is 0.911. The number of benzene rings is 1. The van der Waals surface area contributed by atoms with E-state index < -0.39 is 0 Å². The molecule has 2 nitrogen and oxygen atoms in total. The van der Waals surface area contributed by atoms with Crippen molar-refractivity contribution in [2.45, 2.75) is 19.3 Å². The van der Waals surface area contributed by atoms with Gasteiger partial charge in [-0.1, -0.05) is 23.7 Å². The van der Waals surface area contributed by atoms with Crippen LogP contribution in [0.15, 0.2) is 18.3 Å². The molecule has 1 aromatic heterocycles. The summed E-state index contributed by atoms with van der Waals surface area (Å²) in [5.41, 5.74) is 3.75. The second-order valence-corrected chi connectivity index (χ2v) is 4.05. The fourth-order valence-corrected chi connectivity index (χ4v) is 2.36. The third-order valence-corrected chi connectivity index (χ3v) is 3.14. The summed E-state index contributed by atoms with van der Waals surface area (Å²) in [5, 5.41) is 9.82. The highest BCUT2D eigenvalue weighted by Gasteiger charge is 2.15. The summed E-state index contributed by atoms with van der Waals surface area (Å²) in [6.07, 6.45) is 5.11. The second kappa shape index (κ2) is 2.92. The van der Waals surface area contributed by atoms with Crippen LogP contribution in [-0.2, 0) is 12.8 Å². The average molecular weight is 205 g/mol. The standard InChI is InChI=1S/C11H9ClN2/c12-10-6-13-14-11-8-3-1-2-7(8)4-5-9(10)11/h4-6H,1-3H2. The normalized spacial score (nSPS) is 14.6. The zero-order valence-electron chi connectivity index (χ0n) is 7.63. The molecule has 2 aromatic rings. The third kappa shape index (κ3) is 1.04.